The molecule has 3 heterocycles. The molecular formula is C19H20N2O3. The summed E-state index contributed by atoms with van der Waals surface area (Å²) >= 11 is 0. The number of aromatic nitrogens is 1. The molecule has 5 nitrogen and oxygen atoms in total. The molecule has 4 rings (SSSR count). The van der Waals surface area contributed by atoms with E-state index in [2.05, 4.69) is 17.1 Å². The molecule has 0 N–H and O–H groups in total. The molecule has 0 aliphatic carbocycles. The third kappa shape index (κ3) is 3.12. The van der Waals surface area contributed by atoms with Crippen LogP contribution in [0.4, 0.5) is 0 Å². The number of carbonyl (C=O) groups excluding carboxylic acids is 1. The van der Waals surface area contributed by atoms with Crippen LogP contribution in [0, 0.1) is 0 Å². The summed E-state index contributed by atoms with van der Waals surface area (Å²) in [5, 5.41) is 0. The Kier molecular flexibility index (Phi) is 4.17. The lowest BCUT2D eigenvalue weighted by atomic mass is 9.99. The fourth-order valence-electron chi connectivity index (χ4n) is 3.20. The van der Waals surface area contributed by atoms with Crippen LogP contribution in [0.2, 0.25) is 0 Å². The molecule has 0 spiro atoms. The largest absolute Gasteiger partial charge is 0.472 e. The molecule has 0 saturated carbocycles. The summed E-state index contributed by atoms with van der Waals surface area (Å²) < 4.78 is 11.0. The zero-order chi connectivity index (χ0) is 16.4. The fraction of sp³-hybridized carbons (Fsp3) is 0.368. The Balaban J connectivity index is 1.43. The molecule has 1 aromatic heterocycles. The van der Waals surface area contributed by atoms with Crippen molar-refractivity contribution >= 4 is 5.91 Å². The third-order valence-electron chi connectivity index (χ3n) is 4.58. The molecule has 2 aliphatic heterocycles. The van der Waals surface area contributed by atoms with Crippen molar-refractivity contribution in [2.75, 3.05) is 19.8 Å². The molecule has 2 aliphatic rings. The maximum Gasteiger partial charge on any atom is 0.255 e. The van der Waals surface area contributed by atoms with E-state index in [-0.39, 0.29) is 12.0 Å². The lowest BCUT2D eigenvalue weighted by Crippen LogP contribution is -2.36. The minimum Gasteiger partial charge on any atom is -0.472 e. The van der Waals surface area contributed by atoms with Gasteiger partial charge in [0.2, 0.25) is 5.88 Å². The lowest BCUT2D eigenvalue weighted by molar-refractivity contribution is 0.0734. The van der Waals surface area contributed by atoms with Gasteiger partial charge in [0.25, 0.3) is 5.91 Å². The summed E-state index contributed by atoms with van der Waals surface area (Å²) in [6.45, 7) is 2.74. The maximum absolute atomic E-state index is 12.7. The second kappa shape index (κ2) is 6.61. The quantitative estimate of drug-likeness (QED) is 0.870. The molecule has 0 bridgehead atoms. The SMILES string of the molecule is O=C(c1ccc(O[C@H]2CCOC2)nc1)N1CCc2ccccc2C1. The average molecular weight is 324 g/mol. The van der Waals surface area contributed by atoms with Gasteiger partial charge in [-0.05, 0) is 23.6 Å². The molecule has 1 amide bonds. The Morgan fingerprint density at radius 1 is 1.21 bits per heavy atom. The van der Waals surface area contributed by atoms with Crippen molar-refractivity contribution in [1.82, 2.24) is 9.88 Å². The molecule has 1 fully saturated rings. The lowest BCUT2D eigenvalue weighted by Gasteiger charge is -2.28. The van der Waals surface area contributed by atoms with Crippen molar-refractivity contribution in [1.29, 1.82) is 0 Å². The molecular weight excluding hydrogens is 304 g/mol. The van der Waals surface area contributed by atoms with Crippen molar-refractivity contribution in [3.8, 4) is 5.88 Å². The molecule has 124 valence electrons. The first kappa shape index (κ1) is 15.1. The smallest absolute Gasteiger partial charge is 0.255 e. The average Bonchev–Trinajstić information content (AvgIpc) is 3.14. The van der Waals surface area contributed by atoms with Crippen LogP contribution in [-0.4, -0.2) is 41.7 Å². The van der Waals surface area contributed by atoms with Gasteiger partial charge in [0.05, 0.1) is 18.8 Å². The molecule has 24 heavy (non-hydrogen) atoms. The number of carbonyl (C=O) groups is 1. The van der Waals surface area contributed by atoms with Crippen LogP contribution < -0.4 is 4.74 Å². The highest BCUT2D eigenvalue weighted by Crippen LogP contribution is 2.21. The van der Waals surface area contributed by atoms with Crippen LogP contribution in [-0.2, 0) is 17.7 Å². The molecule has 1 aromatic carbocycles. The molecule has 2 aromatic rings. The third-order valence-corrected chi connectivity index (χ3v) is 4.58. The number of nitrogens with zero attached hydrogens (tertiary/aromatic N) is 2. The van der Waals surface area contributed by atoms with Gasteiger partial charge in [-0.1, -0.05) is 24.3 Å². The summed E-state index contributed by atoms with van der Waals surface area (Å²) in [5.41, 5.74) is 3.16. The number of benzene rings is 1. The Morgan fingerprint density at radius 3 is 2.83 bits per heavy atom. The van der Waals surface area contributed by atoms with E-state index in [1.165, 1.54) is 11.1 Å². The van der Waals surface area contributed by atoms with Crippen molar-refractivity contribution < 1.29 is 14.3 Å². The first-order valence-electron chi connectivity index (χ1n) is 8.36. The van der Waals surface area contributed by atoms with Gasteiger partial charge in [-0.15, -0.1) is 0 Å². The topological polar surface area (TPSA) is 51.7 Å². The second-order valence-corrected chi connectivity index (χ2v) is 6.23. The highest BCUT2D eigenvalue weighted by Gasteiger charge is 2.22. The Bertz CT molecular complexity index is 724. The second-order valence-electron chi connectivity index (χ2n) is 6.23. The summed E-state index contributed by atoms with van der Waals surface area (Å²) in [6.07, 6.45) is 3.46. The van der Waals surface area contributed by atoms with Gasteiger partial charge < -0.3 is 14.4 Å². The number of pyridine rings is 1. The zero-order valence-corrected chi connectivity index (χ0v) is 13.5. The van der Waals surface area contributed by atoms with Gasteiger partial charge in [-0.25, -0.2) is 4.98 Å². The summed E-state index contributed by atoms with van der Waals surface area (Å²) in [7, 11) is 0. The monoisotopic (exact) mass is 324 g/mol. The van der Waals surface area contributed by atoms with Gasteiger partial charge >= 0.3 is 0 Å². The predicted molar refractivity (Wildman–Crippen MR) is 89.0 cm³/mol. The van der Waals surface area contributed by atoms with E-state index in [9.17, 15) is 4.79 Å². The van der Waals surface area contributed by atoms with Crippen molar-refractivity contribution in [3.05, 3.63) is 59.3 Å². The standard InChI is InChI=1S/C19H20N2O3/c22-19(21-9-7-14-3-1-2-4-16(14)12-21)15-5-6-18(20-11-15)24-17-8-10-23-13-17/h1-6,11,17H,7-10,12-13H2/t17-/m0/s1. The van der Waals surface area contributed by atoms with E-state index in [0.717, 1.165) is 26.0 Å². The van der Waals surface area contributed by atoms with Gasteiger partial charge in [0, 0.05) is 31.8 Å². The van der Waals surface area contributed by atoms with E-state index in [1.807, 2.05) is 17.0 Å². The fourth-order valence-corrected chi connectivity index (χ4v) is 3.20. The van der Waals surface area contributed by atoms with E-state index >= 15 is 0 Å². The van der Waals surface area contributed by atoms with E-state index in [4.69, 9.17) is 9.47 Å². The molecule has 5 heteroatoms. The number of amides is 1. The van der Waals surface area contributed by atoms with E-state index in [1.54, 1.807) is 18.3 Å². The van der Waals surface area contributed by atoms with E-state index < -0.39 is 0 Å². The predicted octanol–water partition coefficient (Wildman–Crippen LogP) is 2.45. The normalized spacial score (nSPS) is 19.8. The summed E-state index contributed by atoms with van der Waals surface area (Å²) in [4.78, 5) is 18.8. The minimum absolute atomic E-state index is 0.0211. The zero-order valence-electron chi connectivity index (χ0n) is 13.5. The van der Waals surface area contributed by atoms with Crippen molar-refractivity contribution in [2.24, 2.45) is 0 Å². The highest BCUT2D eigenvalue weighted by molar-refractivity contribution is 5.94. The first-order chi connectivity index (χ1) is 11.8. The minimum atomic E-state index is 0.0211. The Labute approximate surface area is 141 Å². The molecule has 1 atom stereocenters. The van der Waals surface area contributed by atoms with Crippen LogP contribution >= 0.6 is 0 Å². The number of ether oxygens (including phenoxy) is 2. The van der Waals surface area contributed by atoms with Gasteiger partial charge in [0.15, 0.2) is 0 Å². The van der Waals surface area contributed by atoms with Crippen LogP contribution in [0.3, 0.4) is 0 Å². The molecule has 0 unspecified atom stereocenters. The molecule has 1 saturated heterocycles. The summed E-state index contributed by atoms with van der Waals surface area (Å²) in [5.74, 6) is 0.568. The van der Waals surface area contributed by atoms with Crippen LogP contribution in [0.15, 0.2) is 42.6 Å². The Hall–Kier alpha value is -2.40. The van der Waals surface area contributed by atoms with Crippen LogP contribution in [0.5, 0.6) is 5.88 Å². The molecule has 0 radical (unpaired) electrons. The summed E-state index contributed by atoms with van der Waals surface area (Å²) in [6, 6.07) is 11.9. The number of rotatable bonds is 3. The van der Waals surface area contributed by atoms with Gasteiger partial charge in [0.1, 0.15) is 6.10 Å². The number of fused-ring (bicyclic) bond motifs is 1. The first-order valence-corrected chi connectivity index (χ1v) is 8.36. The number of hydrogen-bond donors (Lipinski definition) is 0. The van der Waals surface area contributed by atoms with Crippen LogP contribution in [0.1, 0.15) is 27.9 Å². The maximum atomic E-state index is 12.7. The van der Waals surface area contributed by atoms with Crippen LogP contribution in [0.25, 0.3) is 0 Å². The highest BCUT2D eigenvalue weighted by atomic mass is 16.5. The van der Waals surface area contributed by atoms with E-state index in [0.29, 0.717) is 24.6 Å². The van der Waals surface area contributed by atoms with Crippen molar-refractivity contribution in [3.63, 3.8) is 0 Å². The van der Waals surface area contributed by atoms with Gasteiger partial charge in [-0.3, -0.25) is 4.79 Å². The Morgan fingerprint density at radius 2 is 2.08 bits per heavy atom. The number of hydrogen-bond acceptors (Lipinski definition) is 4. The van der Waals surface area contributed by atoms with Crippen molar-refractivity contribution in [2.45, 2.75) is 25.5 Å². The van der Waals surface area contributed by atoms with Gasteiger partial charge in [-0.2, -0.15) is 0 Å².